The molecule has 0 amide bonds. The number of aromatic nitrogens is 1. The first-order valence-electron chi connectivity index (χ1n) is 12.0. The minimum absolute atomic E-state index is 0.282. The molecule has 2 nitrogen and oxygen atoms in total. The van der Waals surface area contributed by atoms with Gasteiger partial charge in [0.15, 0.2) is 0 Å². The Morgan fingerprint density at radius 1 is 0.882 bits per heavy atom. The SMILES string of the molecule is Cc1cc2c(oc3cc(F)ccc32)c(-c2ccc3cc([Si](C)(C)C(C)(C)C)ccc3[n+]2C)c1C. The fourth-order valence-electron chi connectivity index (χ4n) is 4.90. The van der Waals surface area contributed by atoms with Crippen molar-refractivity contribution in [3.8, 4) is 11.3 Å². The van der Waals surface area contributed by atoms with E-state index in [0.717, 1.165) is 27.6 Å². The van der Waals surface area contributed by atoms with Crippen LogP contribution in [0.15, 0.2) is 59.0 Å². The van der Waals surface area contributed by atoms with E-state index < -0.39 is 8.07 Å². The van der Waals surface area contributed by atoms with Gasteiger partial charge in [-0.3, -0.25) is 0 Å². The maximum absolute atomic E-state index is 13.9. The molecule has 0 bridgehead atoms. The fourth-order valence-corrected chi connectivity index (χ4v) is 6.78. The van der Waals surface area contributed by atoms with Gasteiger partial charge in [-0.1, -0.05) is 45.1 Å². The normalized spacial score (nSPS) is 12.9. The number of aryl methyl sites for hydroxylation is 2. The largest absolute Gasteiger partial charge is 0.455 e. The molecule has 34 heavy (non-hydrogen) atoms. The number of furan rings is 1. The zero-order chi connectivity index (χ0) is 24.6. The molecule has 0 saturated heterocycles. The summed E-state index contributed by atoms with van der Waals surface area (Å²) in [7, 11) is 0.500. The van der Waals surface area contributed by atoms with Crippen LogP contribution in [-0.4, -0.2) is 8.07 Å². The molecule has 2 heterocycles. The maximum atomic E-state index is 13.9. The van der Waals surface area contributed by atoms with Crippen molar-refractivity contribution in [2.45, 2.75) is 52.8 Å². The summed E-state index contributed by atoms with van der Waals surface area (Å²) in [6.45, 7) is 16.3. The highest BCUT2D eigenvalue weighted by Crippen LogP contribution is 2.39. The van der Waals surface area contributed by atoms with Gasteiger partial charge in [0, 0.05) is 34.4 Å². The highest BCUT2D eigenvalue weighted by molar-refractivity contribution is 6.92. The van der Waals surface area contributed by atoms with E-state index in [1.54, 1.807) is 0 Å². The van der Waals surface area contributed by atoms with Gasteiger partial charge in [0.1, 0.15) is 24.0 Å². The van der Waals surface area contributed by atoms with E-state index in [1.807, 2.05) is 6.07 Å². The Morgan fingerprint density at radius 2 is 1.62 bits per heavy atom. The van der Waals surface area contributed by atoms with Gasteiger partial charge in [-0.05, 0) is 60.3 Å². The van der Waals surface area contributed by atoms with Crippen LogP contribution in [0.5, 0.6) is 0 Å². The number of pyridine rings is 1. The van der Waals surface area contributed by atoms with Gasteiger partial charge < -0.3 is 4.42 Å². The van der Waals surface area contributed by atoms with Crippen LogP contribution >= 0.6 is 0 Å². The predicted octanol–water partition coefficient (Wildman–Crippen LogP) is 7.70. The van der Waals surface area contributed by atoms with E-state index in [1.165, 1.54) is 39.3 Å². The third-order valence-electron chi connectivity index (χ3n) is 8.27. The molecule has 0 aliphatic heterocycles. The first-order valence-corrected chi connectivity index (χ1v) is 15.0. The van der Waals surface area contributed by atoms with Crippen molar-refractivity contribution in [1.82, 2.24) is 0 Å². The standard InChI is InChI=1S/C30H33FNOSi/c1-18-15-24-23-12-10-21(31)17-27(23)33-29(24)28(19(18)2)26-13-9-20-16-22(11-14-25(20)32(26)6)34(7,8)30(3,4)5/h9-17H,1-8H3/q+1. The molecule has 0 atom stereocenters. The molecule has 5 rings (SSSR count). The average molecular weight is 471 g/mol. The smallest absolute Gasteiger partial charge is 0.216 e. The number of fused-ring (bicyclic) bond motifs is 4. The molecular weight excluding hydrogens is 437 g/mol. The topological polar surface area (TPSA) is 17.0 Å². The lowest BCUT2D eigenvalue weighted by Crippen LogP contribution is -2.49. The van der Waals surface area contributed by atoms with Gasteiger partial charge in [0.25, 0.3) is 0 Å². The van der Waals surface area contributed by atoms with Crippen LogP contribution in [0.2, 0.25) is 18.1 Å². The summed E-state index contributed by atoms with van der Waals surface area (Å²) in [4.78, 5) is 0. The molecule has 5 aromatic rings. The monoisotopic (exact) mass is 470 g/mol. The lowest BCUT2D eigenvalue weighted by molar-refractivity contribution is -0.633. The molecule has 0 unspecified atom stereocenters. The van der Waals surface area contributed by atoms with Crippen LogP contribution in [0.1, 0.15) is 31.9 Å². The number of benzene rings is 3. The van der Waals surface area contributed by atoms with Gasteiger partial charge in [-0.2, -0.15) is 4.57 Å². The van der Waals surface area contributed by atoms with E-state index in [9.17, 15) is 4.39 Å². The van der Waals surface area contributed by atoms with Crippen molar-refractivity contribution in [2.75, 3.05) is 0 Å². The van der Waals surface area contributed by atoms with Crippen molar-refractivity contribution in [3.63, 3.8) is 0 Å². The molecule has 0 N–H and O–H groups in total. The lowest BCUT2D eigenvalue weighted by atomic mass is 9.96. The van der Waals surface area contributed by atoms with Gasteiger partial charge in [-0.15, -0.1) is 0 Å². The number of rotatable bonds is 2. The summed E-state index contributed by atoms with van der Waals surface area (Å²) >= 11 is 0. The van der Waals surface area contributed by atoms with Gasteiger partial charge >= 0.3 is 0 Å². The molecule has 0 fully saturated rings. The summed E-state index contributed by atoms with van der Waals surface area (Å²) in [6.07, 6.45) is 0. The number of hydrogen-bond acceptors (Lipinski definition) is 1. The lowest BCUT2D eigenvalue weighted by Gasteiger charge is -2.37. The van der Waals surface area contributed by atoms with E-state index in [2.05, 4.69) is 95.7 Å². The molecule has 0 aliphatic rings. The molecular formula is C30H33FNOSi+. The Hall–Kier alpha value is -2.98. The van der Waals surface area contributed by atoms with E-state index in [0.29, 0.717) is 5.58 Å². The van der Waals surface area contributed by atoms with Crippen molar-refractivity contribution < 1.29 is 13.4 Å². The summed E-state index contributed by atoms with van der Waals surface area (Å²) in [6, 6.07) is 18.4. The summed E-state index contributed by atoms with van der Waals surface area (Å²) in [5.41, 5.74) is 7.14. The van der Waals surface area contributed by atoms with Gasteiger partial charge in [-0.25, -0.2) is 4.39 Å². The fraction of sp³-hybridized carbons (Fsp3) is 0.300. The van der Waals surface area contributed by atoms with Crippen LogP contribution in [0.4, 0.5) is 4.39 Å². The van der Waals surface area contributed by atoms with Crippen LogP contribution in [0.25, 0.3) is 44.1 Å². The predicted molar refractivity (Wildman–Crippen MR) is 144 cm³/mol. The zero-order valence-electron chi connectivity index (χ0n) is 21.4. The second-order valence-electron chi connectivity index (χ2n) is 11.2. The van der Waals surface area contributed by atoms with Crippen LogP contribution in [0, 0.1) is 19.7 Å². The molecule has 0 saturated carbocycles. The van der Waals surface area contributed by atoms with Crippen LogP contribution in [-0.2, 0) is 7.05 Å². The average Bonchev–Trinajstić information content (AvgIpc) is 3.11. The molecule has 2 aromatic heterocycles. The van der Waals surface area contributed by atoms with E-state index >= 15 is 0 Å². The summed E-state index contributed by atoms with van der Waals surface area (Å²) in [5, 5.41) is 4.99. The molecule has 4 heteroatoms. The minimum atomic E-state index is -1.62. The second-order valence-corrected chi connectivity index (χ2v) is 16.6. The molecule has 174 valence electrons. The summed E-state index contributed by atoms with van der Waals surface area (Å²) in [5.74, 6) is -0.282. The van der Waals surface area contributed by atoms with E-state index in [4.69, 9.17) is 4.42 Å². The highest BCUT2D eigenvalue weighted by Gasteiger charge is 2.37. The first kappa shape index (κ1) is 22.8. The van der Waals surface area contributed by atoms with Crippen molar-refractivity contribution in [2.24, 2.45) is 7.05 Å². The van der Waals surface area contributed by atoms with Crippen molar-refractivity contribution in [3.05, 3.63) is 71.5 Å². The number of hydrogen-bond donors (Lipinski definition) is 0. The molecule has 0 spiro atoms. The third-order valence-corrected chi connectivity index (χ3v) is 13.8. The zero-order valence-corrected chi connectivity index (χ0v) is 22.4. The Bertz CT molecular complexity index is 1600. The Morgan fingerprint density at radius 3 is 2.32 bits per heavy atom. The second kappa shape index (κ2) is 7.51. The van der Waals surface area contributed by atoms with E-state index in [-0.39, 0.29) is 10.9 Å². The third kappa shape index (κ3) is 3.30. The minimum Gasteiger partial charge on any atom is -0.455 e. The van der Waals surface area contributed by atoms with Crippen molar-refractivity contribution >= 4 is 46.1 Å². The Labute approximate surface area is 202 Å². The Balaban J connectivity index is 1.77. The molecule has 0 aliphatic carbocycles. The molecule has 3 aromatic carbocycles. The van der Waals surface area contributed by atoms with Gasteiger partial charge in [0.05, 0.1) is 13.6 Å². The number of halogens is 1. The van der Waals surface area contributed by atoms with Crippen LogP contribution in [0.3, 0.4) is 0 Å². The number of nitrogens with zero attached hydrogens (tertiary/aromatic N) is 1. The highest BCUT2D eigenvalue weighted by atomic mass is 28.3. The Kier molecular flexibility index (Phi) is 5.03. The maximum Gasteiger partial charge on any atom is 0.216 e. The quantitative estimate of drug-likeness (QED) is 0.191. The first-order chi connectivity index (χ1) is 15.9. The molecule has 0 radical (unpaired) electrons. The summed E-state index contributed by atoms with van der Waals surface area (Å²) < 4.78 is 22.5. The van der Waals surface area contributed by atoms with Crippen LogP contribution < -0.4 is 9.75 Å². The van der Waals surface area contributed by atoms with Crippen molar-refractivity contribution in [1.29, 1.82) is 0 Å². The van der Waals surface area contributed by atoms with Gasteiger partial charge in [0.2, 0.25) is 11.2 Å².